The molecule has 0 bridgehead atoms. The van der Waals surface area contributed by atoms with Crippen molar-refractivity contribution in [2.75, 3.05) is 51.1 Å². The predicted molar refractivity (Wildman–Crippen MR) is 80.4 cm³/mol. The van der Waals surface area contributed by atoms with Gasteiger partial charge < -0.3 is 15.5 Å². The fourth-order valence-electron chi connectivity index (χ4n) is 1.93. The van der Waals surface area contributed by atoms with E-state index in [-0.39, 0.29) is 4.90 Å². The van der Waals surface area contributed by atoms with Crippen LogP contribution in [-0.4, -0.2) is 53.8 Å². The Labute approximate surface area is 115 Å². The van der Waals surface area contributed by atoms with E-state index in [9.17, 15) is 8.42 Å². The van der Waals surface area contributed by atoms with Crippen LogP contribution in [0.3, 0.4) is 0 Å². The van der Waals surface area contributed by atoms with Gasteiger partial charge in [0.2, 0.25) is 0 Å². The van der Waals surface area contributed by atoms with Crippen molar-refractivity contribution >= 4 is 21.2 Å². The second kappa shape index (κ2) is 6.25. The number of para-hydroxylation sites is 1. The van der Waals surface area contributed by atoms with Crippen molar-refractivity contribution in [3.8, 4) is 0 Å². The molecule has 6 heteroatoms. The first-order valence-corrected chi connectivity index (χ1v) is 8.07. The molecule has 0 spiro atoms. The predicted octanol–water partition coefficient (Wildman–Crippen LogP) is 1.06. The van der Waals surface area contributed by atoms with Crippen LogP contribution in [0.2, 0.25) is 0 Å². The molecular formula is C13H23N3O2S. The van der Waals surface area contributed by atoms with Crippen molar-refractivity contribution in [2.45, 2.75) is 11.3 Å². The number of nitrogen functional groups attached to an aromatic ring is 1. The summed E-state index contributed by atoms with van der Waals surface area (Å²) < 4.78 is 23.3. The molecule has 0 aliphatic heterocycles. The van der Waals surface area contributed by atoms with Gasteiger partial charge >= 0.3 is 0 Å². The molecule has 0 aliphatic carbocycles. The number of rotatable bonds is 6. The van der Waals surface area contributed by atoms with Crippen molar-refractivity contribution in [3.63, 3.8) is 0 Å². The lowest BCUT2D eigenvalue weighted by Gasteiger charge is -2.23. The van der Waals surface area contributed by atoms with E-state index in [4.69, 9.17) is 5.73 Å². The molecule has 0 aliphatic rings. The van der Waals surface area contributed by atoms with E-state index < -0.39 is 9.84 Å². The van der Waals surface area contributed by atoms with Crippen LogP contribution in [0, 0.1) is 0 Å². The highest BCUT2D eigenvalue weighted by atomic mass is 32.2. The number of hydrogen-bond donors (Lipinski definition) is 1. The van der Waals surface area contributed by atoms with Gasteiger partial charge in [0.05, 0.1) is 16.3 Å². The van der Waals surface area contributed by atoms with E-state index in [1.165, 1.54) is 6.26 Å². The van der Waals surface area contributed by atoms with Crippen LogP contribution in [0.15, 0.2) is 23.1 Å². The molecule has 0 fully saturated rings. The molecule has 0 saturated carbocycles. The van der Waals surface area contributed by atoms with Crippen molar-refractivity contribution in [2.24, 2.45) is 0 Å². The van der Waals surface area contributed by atoms with Crippen molar-refractivity contribution < 1.29 is 8.42 Å². The highest BCUT2D eigenvalue weighted by Crippen LogP contribution is 2.29. The molecule has 5 nitrogen and oxygen atoms in total. The van der Waals surface area contributed by atoms with E-state index in [2.05, 4.69) is 4.90 Å². The van der Waals surface area contributed by atoms with Crippen molar-refractivity contribution in [3.05, 3.63) is 18.2 Å². The van der Waals surface area contributed by atoms with Gasteiger partial charge in [-0.1, -0.05) is 6.07 Å². The topological polar surface area (TPSA) is 66.6 Å². The maximum Gasteiger partial charge on any atom is 0.177 e. The standard InChI is InChI=1S/C13H23N3O2S/c1-15(2)9-6-10-16(3)11-7-5-8-12(13(11)14)19(4,17)18/h5,7-8H,6,9-10,14H2,1-4H3. The van der Waals surface area contributed by atoms with Crippen molar-refractivity contribution in [1.82, 2.24) is 4.90 Å². The first-order valence-electron chi connectivity index (χ1n) is 6.18. The van der Waals surface area contributed by atoms with Crippen LogP contribution in [-0.2, 0) is 9.84 Å². The van der Waals surface area contributed by atoms with E-state index >= 15 is 0 Å². The van der Waals surface area contributed by atoms with Gasteiger partial charge in [0.1, 0.15) is 0 Å². The molecule has 0 atom stereocenters. The first-order chi connectivity index (χ1) is 8.73. The van der Waals surface area contributed by atoms with Gasteiger partial charge in [-0.2, -0.15) is 0 Å². The lowest BCUT2D eigenvalue weighted by Crippen LogP contribution is -2.24. The van der Waals surface area contributed by atoms with E-state index in [1.807, 2.05) is 32.1 Å². The number of hydrogen-bond acceptors (Lipinski definition) is 5. The Morgan fingerprint density at radius 1 is 1.16 bits per heavy atom. The number of anilines is 2. The zero-order valence-corrected chi connectivity index (χ0v) is 12.9. The SMILES string of the molecule is CN(C)CCCN(C)c1cccc(S(C)(=O)=O)c1N. The fourth-order valence-corrected chi connectivity index (χ4v) is 2.76. The van der Waals surface area contributed by atoms with Gasteiger partial charge in [-0.15, -0.1) is 0 Å². The zero-order valence-electron chi connectivity index (χ0n) is 12.0. The number of nitrogens with zero attached hydrogens (tertiary/aromatic N) is 2. The number of nitrogens with two attached hydrogens (primary N) is 1. The minimum Gasteiger partial charge on any atom is -0.396 e. The zero-order chi connectivity index (χ0) is 14.6. The number of benzene rings is 1. The molecule has 19 heavy (non-hydrogen) atoms. The number of sulfone groups is 1. The van der Waals surface area contributed by atoms with Crippen LogP contribution in [0.4, 0.5) is 11.4 Å². The monoisotopic (exact) mass is 285 g/mol. The Morgan fingerprint density at radius 2 is 1.79 bits per heavy atom. The summed E-state index contributed by atoms with van der Waals surface area (Å²) in [6, 6.07) is 5.12. The summed E-state index contributed by atoms with van der Waals surface area (Å²) in [6.45, 7) is 1.81. The van der Waals surface area contributed by atoms with Crippen LogP contribution in [0.25, 0.3) is 0 Å². The Balaban J connectivity index is 2.90. The summed E-state index contributed by atoms with van der Waals surface area (Å²) in [5.41, 5.74) is 7.07. The Bertz CT molecular complexity index is 527. The quantitative estimate of drug-likeness (QED) is 0.792. The average Bonchev–Trinajstić information content (AvgIpc) is 2.26. The van der Waals surface area contributed by atoms with Crippen LogP contribution in [0.1, 0.15) is 6.42 Å². The van der Waals surface area contributed by atoms with E-state index in [0.717, 1.165) is 25.2 Å². The van der Waals surface area contributed by atoms with Gasteiger partial charge in [-0.25, -0.2) is 8.42 Å². The summed E-state index contributed by atoms with van der Waals surface area (Å²) >= 11 is 0. The molecule has 0 amide bonds. The summed E-state index contributed by atoms with van der Waals surface area (Å²) in [4.78, 5) is 4.31. The van der Waals surface area contributed by atoms with E-state index in [1.54, 1.807) is 12.1 Å². The molecule has 108 valence electrons. The van der Waals surface area contributed by atoms with Gasteiger partial charge in [-0.3, -0.25) is 0 Å². The first kappa shape index (κ1) is 15.8. The fraction of sp³-hybridized carbons (Fsp3) is 0.538. The smallest absolute Gasteiger partial charge is 0.177 e. The largest absolute Gasteiger partial charge is 0.396 e. The third-order valence-electron chi connectivity index (χ3n) is 2.95. The minimum absolute atomic E-state index is 0.199. The molecule has 0 radical (unpaired) electrons. The van der Waals surface area contributed by atoms with Crippen molar-refractivity contribution in [1.29, 1.82) is 0 Å². The molecule has 0 unspecified atom stereocenters. The highest BCUT2D eigenvalue weighted by Gasteiger charge is 2.15. The molecule has 1 rings (SSSR count). The Hall–Kier alpha value is -1.27. The van der Waals surface area contributed by atoms with Gasteiger partial charge in [0, 0.05) is 19.8 Å². The maximum absolute atomic E-state index is 11.6. The lowest BCUT2D eigenvalue weighted by atomic mass is 10.2. The Kier molecular flexibility index (Phi) is 5.20. The summed E-state index contributed by atoms with van der Waals surface area (Å²) in [6.07, 6.45) is 2.17. The van der Waals surface area contributed by atoms with Crippen LogP contribution < -0.4 is 10.6 Å². The second-order valence-electron chi connectivity index (χ2n) is 5.04. The third-order valence-corrected chi connectivity index (χ3v) is 4.11. The van der Waals surface area contributed by atoms with Crippen LogP contribution >= 0.6 is 0 Å². The van der Waals surface area contributed by atoms with Gasteiger partial charge in [-0.05, 0) is 39.2 Å². The minimum atomic E-state index is -3.28. The molecule has 0 saturated heterocycles. The molecule has 1 aromatic rings. The second-order valence-corrected chi connectivity index (χ2v) is 7.02. The van der Waals surface area contributed by atoms with Gasteiger partial charge in [0.15, 0.2) is 9.84 Å². The average molecular weight is 285 g/mol. The molecule has 2 N–H and O–H groups in total. The molecular weight excluding hydrogens is 262 g/mol. The Morgan fingerprint density at radius 3 is 2.32 bits per heavy atom. The van der Waals surface area contributed by atoms with Crippen LogP contribution in [0.5, 0.6) is 0 Å². The molecule has 0 heterocycles. The summed E-state index contributed by atoms with van der Waals surface area (Å²) in [5.74, 6) is 0. The highest BCUT2D eigenvalue weighted by molar-refractivity contribution is 7.90. The summed E-state index contributed by atoms with van der Waals surface area (Å²) in [7, 11) is 2.69. The summed E-state index contributed by atoms with van der Waals surface area (Å²) in [5, 5.41) is 0. The molecule has 0 aromatic heterocycles. The third kappa shape index (κ3) is 4.40. The normalized spacial score (nSPS) is 11.8. The van der Waals surface area contributed by atoms with Gasteiger partial charge in [0.25, 0.3) is 0 Å². The molecule has 1 aromatic carbocycles. The van der Waals surface area contributed by atoms with E-state index in [0.29, 0.717) is 5.69 Å². The lowest BCUT2D eigenvalue weighted by molar-refractivity contribution is 0.402. The maximum atomic E-state index is 11.6.